The quantitative estimate of drug-likeness (QED) is 0.700. The molecular weight excluding hydrogens is 204 g/mol. The van der Waals surface area contributed by atoms with Crippen molar-refractivity contribution in [3.63, 3.8) is 0 Å². The monoisotopic (exact) mass is 228 g/mol. The van der Waals surface area contributed by atoms with Crippen molar-refractivity contribution in [1.29, 1.82) is 0 Å². The fourth-order valence-electron chi connectivity index (χ4n) is 1.60. The van der Waals surface area contributed by atoms with Crippen LogP contribution in [0, 0.1) is 5.92 Å². The summed E-state index contributed by atoms with van der Waals surface area (Å²) in [7, 11) is 1.98. The first-order chi connectivity index (χ1) is 7.39. The van der Waals surface area contributed by atoms with Crippen molar-refractivity contribution in [2.45, 2.75) is 45.2 Å². The molecule has 94 valence electrons. The summed E-state index contributed by atoms with van der Waals surface area (Å²) in [6.07, 6.45) is 2.40. The largest absolute Gasteiger partial charge is 0.394 e. The maximum absolute atomic E-state index is 11.8. The summed E-state index contributed by atoms with van der Waals surface area (Å²) < 4.78 is 0. The molecule has 0 aromatic rings. The van der Waals surface area contributed by atoms with Gasteiger partial charge in [0.15, 0.2) is 0 Å². The summed E-state index contributed by atoms with van der Waals surface area (Å²) >= 11 is 0. The van der Waals surface area contributed by atoms with Crippen LogP contribution in [0.25, 0.3) is 0 Å². The molecule has 16 heavy (non-hydrogen) atoms. The Kier molecular flexibility index (Phi) is 4.33. The molecule has 4 nitrogen and oxygen atoms in total. The van der Waals surface area contributed by atoms with Crippen LogP contribution in [0.1, 0.15) is 33.6 Å². The van der Waals surface area contributed by atoms with Gasteiger partial charge in [0.2, 0.25) is 5.91 Å². The molecule has 0 aromatic carbocycles. The minimum absolute atomic E-state index is 0.000324. The van der Waals surface area contributed by atoms with E-state index in [0.717, 1.165) is 0 Å². The number of rotatable bonds is 6. The number of carbonyl (C=O) groups is 1. The van der Waals surface area contributed by atoms with Gasteiger partial charge in [-0.2, -0.15) is 0 Å². The molecule has 4 heteroatoms. The second kappa shape index (κ2) is 5.15. The summed E-state index contributed by atoms with van der Waals surface area (Å²) in [6, 6.07) is 0.588. The predicted octanol–water partition coefficient (Wildman–Crippen LogP) is 0.604. The highest BCUT2D eigenvalue weighted by Gasteiger charge is 2.31. The zero-order valence-corrected chi connectivity index (χ0v) is 10.8. The number of aliphatic hydroxyl groups is 1. The number of carbonyl (C=O) groups excluding carboxylic acids is 1. The summed E-state index contributed by atoms with van der Waals surface area (Å²) in [5.41, 5.74) is -0.512. The van der Waals surface area contributed by atoms with E-state index in [1.54, 1.807) is 0 Å². The van der Waals surface area contributed by atoms with E-state index >= 15 is 0 Å². The molecule has 1 atom stereocenters. The Labute approximate surface area is 98.0 Å². The number of hydrogen-bond acceptors (Lipinski definition) is 3. The SMILES string of the molecule is CC(C)C(C)(CO)NC(=O)CN(C)C1CC1. The minimum atomic E-state index is -0.512. The molecule has 1 unspecified atom stereocenters. The number of aliphatic hydroxyl groups excluding tert-OH is 1. The average molecular weight is 228 g/mol. The van der Waals surface area contributed by atoms with Gasteiger partial charge in [-0.15, -0.1) is 0 Å². The molecule has 0 heterocycles. The van der Waals surface area contributed by atoms with Crippen molar-refractivity contribution in [2.75, 3.05) is 20.2 Å². The Morgan fingerprint density at radius 2 is 2.12 bits per heavy atom. The third kappa shape index (κ3) is 3.46. The number of nitrogens with one attached hydrogen (secondary N) is 1. The lowest BCUT2D eigenvalue weighted by molar-refractivity contribution is -0.125. The van der Waals surface area contributed by atoms with E-state index in [1.165, 1.54) is 12.8 Å². The fourth-order valence-corrected chi connectivity index (χ4v) is 1.60. The fraction of sp³-hybridized carbons (Fsp3) is 0.917. The molecule has 1 amide bonds. The molecule has 1 saturated carbocycles. The molecule has 1 aliphatic carbocycles. The zero-order chi connectivity index (χ0) is 12.3. The van der Waals surface area contributed by atoms with E-state index in [4.69, 9.17) is 0 Å². The van der Waals surface area contributed by atoms with Crippen molar-refractivity contribution in [1.82, 2.24) is 10.2 Å². The maximum atomic E-state index is 11.8. The highest BCUT2D eigenvalue weighted by molar-refractivity contribution is 5.79. The predicted molar refractivity (Wildman–Crippen MR) is 64.1 cm³/mol. The lowest BCUT2D eigenvalue weighted by Crippen LogP contribution is -2.54. The van der Waals surface area contributed by atoms with Crippen LogP contribution in [-0.2, 0) is 4.79 Å². The first-order valence-electron chi connectivity index (χ1n) is 6.01. The van der Waals surface area contributed by atoms with Gasteiger partial charge in [-0.3, -0.25) is 9.69 Å². The van der Waals surface area contributed by atoms with Crippen LogP contribution in [-0.4, -0.2) is 47.7 Å². The Morgan fingerprint density at radius 1 is 1.56 bits per heavy atom. The van der Waals surface area contributed by atoms with Gasteiger partial charge in [0, 0.05) is 6.04 Å². The molecule has 0 bridgehead atoms. The normalized spacial score (nSPS) is 19.9. The molecular formula is C12H24N2O2. The van der Waals surface area contributed by atoms with Crippen LogP contribution < -0.4 is 5.32 Å². The van der Waals surface area contributed by atoms with E-state index in [9.17, 15) is 9.90 Å². The number of likely N-dealkylation sites (N-methyl/N-ethyl adjacent to an activating group) is 1. The third-order valence-corrected chi connectivity index (χ3v) is 3.59. The van der Waals surface area contributed by atoms with Gasteiger partial charge >= 0.3 is 0 Å². The Hall–Kier alpha value is -0.610. The van der Waals surface area contributed by atoms with E-state index < -0.39 is 5.54 Å². The third-order valence-electron chi connectivity index (χ3n) is 3.59. The lowest BCUT2D eigenvalue weighted by Gasteiger charge is -2.33. The first kappa shape index (κ1) is 13.5. The van der Waals surface area contributed by atoms with Crippen molar-refractivity contribution in [3.8, 4) is 0 Å². The van der Waals surface area contributed by atoms with Crippen LogP contribution in [0.5, 0.6) is 0 Å². The highest BCUT2D eigenvalue weighted by Crippen LogP contribution is 2.25. The molecule has 1 rings (SSSR count). The van der Waals surface area contributed by atoms with E-state index in [1.807, 2.05) is 27.8 Å². The van der Waals surface area contributed by atoms with Gasteiger partial charge in [0.1, 0.15) is 0 Å². The summed E-state index contributed by atoms with van der Waals surface area (Å²) in [5, 5.41) is 12.3. The zero-order valence-electron chi connectivity index (χ0n) is 10.8. The smallest absolute Gasteiger partial charge is 0.234 e. The molecule has 1 aliphatic rings. The maximum Gasteiger partial charge on any atom is 0.234 e. The Balaban J connectivity index is 2.42. The van der Waals surface area contributed by atoms with Crippen molar-refractivity contribution < 1.29 is 9.90 Å². The van der Waals surface area contributed by atoms with Gasteiger partial charge in [-0.1, -0.05) is 13.8 Å². The number of nitrogens with zero attached hydrogens (tertiary/aromatic N) is 1. The second-order valence-corrected chi connectivity index (χ2v) is 5.42. The van der Waals surface area contributed by atoms with Crippen LogP contribution in [0.15, 0.2) is 0 Å². The van der Waals surface area contributed by atoms with Gasteiger partial charge in [0.05, 0.1) is 18.7 Å². The molecule has 1 fully saturated rings. The first-order valence-corrected chi connectivity index (χ1v) is 6.01. The Morgan fingerprint density at radius 3 is 2.50 bits per heavy atom. The summed E-state index contributed by atoms with van der Waals surface area (Å²) in [4.78, 5) is 13.9. The van der Waals surface area contributed by atoms with E-state index in [-0.39, 0.29) is 18.4 Å². The summed E-state index contributed by atoms with van der Waals surface area (Å²) in [6.45, 7) is 6.28. The topological polar surface area (TPSA) is 52.6 Å². The Bertz CT molecular complexity index is 251. The minimum Gasteiger partial charge on any atom is -0.394 e. The van der Waals surface area contributed by atoms with Gasteiger partial charge < -0.3 is 10.4 Å². The van der Waals surface area contributed by atoms with Crippen molar-refractivity contribution in [2.24, 2.45) is 5.92 Å². The van der Waals surface area contributed by atoms with Crippen molar-refractivity contribution in [3.05, 3.63) is 0 Å². The molecule has 0 aromatic heterocycles. The van der Waals surface area contributed by atoms with Crippen LogP contribution in [0.3, 0.4) is 0 Å². The number of hydrogen-bond donors (Lipinski definition) is 2. The lowest BCUT2D eigenvalue weighted by atomic mass is 9.89. The van der Waals surface area contributed by atoms with Crippen LogP contribution >= 0.6 is 0 Å². The molecule has 0 saturated heterocycles. The summed E-state index contributed by atoms with van der Waals surface area (Å²) in [5.74, 6) is 0.215. The van der Waals surface area contributed by atoms with E-state index in [0.29, 0.717) is 12.6 Å². The van der Waals surface area contributed by atoms with Gasteiger partial charge in [-0.05, 0) is 32.7 Å². The number of amides is 1. The molecule has 0 radical (unpaired) electrons. The standard InChI is InChI=1S/C12H24N2O2/c1-9(2)12(3,8-15)13-11(16)7-14(4)10-5-6-10/h9-10,15H,5-8H2,1-4H3,(H,13,16). The molecule has 2 N–H and O–H groups in total. The van der Waals surface area contributed by atoms with Crippen molar-refractivity contribution >= 4 is 5.91 Å². The molecule has 0 aliphatic heterocycles. The highest BCUT2D eigenvalue weighted by atomic mass is 16.3. The molecule has 0 spiro atoms. The van der Waals surface area contributed by atoms with Crippen LogP contribution in [0.4, 0.5) is 0 Å². The average Bonchev–Trinajstić information content (AvgIpc) is 2.99. The van der Waals surface area contributed by atoms with E-state index in [2.05, 4.69) is 10.2 Å². The second-order valence-electron chi connectivity index (χ2n) is 5.42. The van der Waals surface area contributed by atoms with Gasteiger partial charge in [-0.25, -0.2) is 0 Å². The van der Waals surface area contributed by atoms with Gasteiger partial charge in [0.25, 0.3) is 0 Å². The van der Waals surface area contributed by atoms with Crippen LogP contribution in [0.2, 0.25) is 0 Å².